The highest BCUT2D eigenvalue weighted by Gasteiger charge is 2.24. The standard InChI is InChI=1S/C9H18N2O3/c1-13-6-7(5-10)11-9(12)8-3-2-4-14-8/h7-8H,2-6,10H2,1H3,(H,11,12). The lowest BCUT2D eigenvalue weighted by molar-refractivity contribution is -0.131. The van der Waals surface area contributed by atoms with Gasteiger partial charge in [-0.1, -0.05) is 0 Å². The monoisotopic (exact) mass is 202 g/mol. The predicted molar refractivity (Wildman–Crippen MR) is 51.8 cm³/mol. The Balaban J connectivity index is 2.29. The van der Waals surface area contributed by atoms with Crippen molar-refractivity contribution in [1.82, 2.24) is 5.32 Å². The molecule has 0 aromatic heterocycles. The molecule has 0 spiro atoms. The highest BCUT2D eigenvalue weighted by Crippen LogP contribution is 2.11. The van der Waals surface area contributed by atoms with E-state index in [2.05, 4.69) is 5.32 Å². The number of nitrogens with one attached hydrogen (secondary N) is 1. The van der Waals surface area contributed by atoms with Gasteiger partial charge in [0.2, 0.25) is 5.91 Å². The summed E-state index contributed by atoms with van der Waals surface area (Å²) in [6.45, 7) is 1.50. The number of ether oxygens (including phenoxy) is 2. The molecule has 1 aliphatic rings. The van der Waals surface area contributed by atoms with Crippen LogP contribution < -0.4 is 11.1 Å². The number of hydrogen-bond acceptors (Lipinski definition) is 4. The second kappa shape index (κ2) is 5.95. The van der Waals surface area contributed by atoms with Gasteiger partial charge in [0.15, 0.2) is 0 Å². The van der Waals surface area contributed by atoms with Crippen LogP contribution in [0.2, 0.25) is 0 Å². The van der Waals surface area contributed by atoms with Gasteiger partial charge in [0.05, 0.1) is 12.6 Å². The molecule has 2 unspecified atom stereocenters. The molecule has 5 heteroatoms. The molecule has 3 N–H and O–H groups in total. The summed E-state index contributed by atoms with van der Waals surface area (Å²) < 4.78 is 10.2. The van der Waals surface area contributed by atoms with E-state index in [0.29, 0.717) is 19.8 Å². The molecule has 1 fully saturated rings. The molecule has 0 aliphatic carbocycles. The maximum atomic E-state index is 11.5. The van der Waals surface area contributed by atoms with Crippen molar-refractivity contribution in [2.75, 3.05) is 26.9 Å². The van der Waals surface area contributed by atoms with E-state index in [4.69, 9.17) is 15.2 Å². The second-order valence-corrected chi connectivity index (χ2v) is 3.40. The van der Waals surface area contributed by atoms with Gasteiger partial charge in [0.25, 0.3) is 0 Å². The average molecular weight is 202 g/mol. The van der Waals surface area contributed by atoms with Crippen LogP contribution in [0, 0.1) is 0 Å². The van der Waals surface area contributed by atoms with Crippen molar-refractivity contribution in [3.63, 3.8) is 0 Å². The molecule has 82 valence electrons. The minimum Gasteiger partial charge on any atom is -0.383 e. The molecule has 0 aromatic rings. The van der Waals surface area contributed by atoms with Crippen LogP contribution in [0.5, 0.6) is 0 Å². The summed E-state index contributed by atoms with van der Waals surface area (Å²) in [7, 11) is 1.58. The molecule has 1 aliphatic heterocycles. The Hall–Kier alpha value is -0.650. The number of carbonyl (C=O) groups excluding carboxylic acids is 1. The molecule has 0 radical (unpaired) electrons. The first-order valence-corrected chi connectivity index (χ1v) is 4.89. The van der Waals surface area contributed by atoms with Crippen LogP contribution in [-0.2, 0) is 14.3 Å². The number of methoxy groups -OCH3 is 1. The van der Waals surface area contributed by atoms with Crippen LogP contribution in [-0.4, -0.2) is 44.9 Å². The molecule has 0 aromatic carbocycles. The maximum Gasteiger partial charge on any atom is 0.249 e. The fourth-order valence-electron chi connectivity index (χ4n) is 1.45. The first-order chi connectivity index (χ1) is 6.77. The smallest absolute Gasteiger partial charge is 0.249 e. The Labute approximate surface area is 83.9 Å². The Morgan fingerprint density at radius 3 is 3.07 bits per heavy atom. The Bertz CT molecular complexity index is 181. The van der Waals surface area contributed by atoms with Crippen molar-refractivity contribution in [2.24, 2.45) is 5.73 Å². The quantitative estimate of drug-likeness (QED) is 0.615. The first-order valence-electron chi connectivity index (χ1n) is 4.89. The third kappa shape index (κ3) is 3.25. The highest BCUT2D eigenvalue weighted by atomic mass is 16.5. The normalized spacial score (nSPS) is 23.4. The van der Waals surface area contributed by atoms with E-state index in [1.54, 1.807) is 7.11 Å². The molecule has 0 bridgehead atoms. The van der Waals surface area contributed by atoms with E-state index in [0.717, 1.165) is 12.8 Å². The van der Waals surface area contributed by atoms with Gasteiger partial charge >= 0.3 is 0 Å². The van der Waals surface area contributed by atoms with Crippen LogP contribution in [0.25, 0.3) is 0 Å². The van der Waals surface area contributed by atoms with Crippen LogP contribution in [0.3, 0.4) is 0 Å². The predicted octanol–water partition coefficient (Wildman–Crippen LogP) is -0.745. The van der Waals surface area contributed by atoms with Crippen molar-refractivity contribution >= 4 is 5.91 Å². The summed E-state index contributed by atoms with van der Waals surface area (Å²) in [5, 5.41) is 2.80. The summed E-state index contributed by atoms with van der Waals surface area (Å²) in [6.07, 6.45) is 1.46. The summed E-state index contributed by atoms with van der Waals surface area (Å²) in [5.41, 5.74) is 5.47. The Morgan fingerprint density at radius 1 is 1.79 bits per heavy atom. The zero-order valence-electron chi connectivity index (χ0n) is 8.49. The van der Waals surface area contributed by atoms with Crippen LogP contribution in [0.4, 0.5) is 0 Å². The molecular formula is C9H18N2O3. The molecule has 5 nitrogen and oxygen atoms in total. The van der Waals surface area contributed by atoms with Gasteiger partial charge in [-0.2, -0.15) is 0 Å². The molecule has 2 atom stereocenters. The van der Waals surface area contributed by atoms with Crippen molar-refractivity contribution < 1.29 is 14.3 Å². The van der Waals surface area contributed by atoms with Crippen LogP contribution in [0.1, 0.15) is 12.8 Å². The molecule has 14 heavy (non-hydrogen) atoms. The lowest BCUT2D eigenvalue weighted by Gasteiger charge is -2.18. The molecule has 1 heterocycles. The second-order valence-electron chi connectivity index (χ2n) is 3.40. The van der Waals surface area contributed by atoms with Gasteiger partial charge in [0.1, 0.15) is 6.10 Å². The number of carbonyl (C=O) groups is 1. The summed E-state index contributed by atoms with van der Waals surface area (Å²) >= 11 is 0. The van der Waals surface area contributed by atoms with E-state index < -0.39 is 0 Å². The fraction of sp³-hybridized carbons (Fsp3) is 0.889. The van der Waals surface area contributed by atoms with Crippen LogP contribution >= 0.6 is 0 Å². The largest absolute Gasteiger partial charge is 0.383 e. The van der Waals surface area contributed by atoms with E-state index >= 15 is 0 Å². The van der Waals surface area contributed by atoms with Gasteiger partial charge in [-0.05, 0) is 12.8 Å². The average Bonchev–Trinajstić information content (AvgIpc) is 2.69. The minimum atomic E-state index is -0.291. The van der Waals surface area contributed by atoms with Gasteiger partial charge in [-0.15, -0.1) is 0 Å². The van der Waals surface area contributed by atoms with Gasteiger partial charge < -0.3 is 20.5 Å². The number of hydrogen-bond donors (Lipinski definition) is 2. The molecule has 1 rings (SSSR count). The van der Waals surface area contributed by atoms with Gasteiger partial charge in [-0.3, -0.25) is 4.79 Å². The van der Waals surface area contributed by atoms with Crippen molar-refractivity contribution in [3.05, 3.63) is 0 Å². The summed E-state index contributed by atoms with van der Waals surface area (Å²) in [6, 6.07) is -0.114. The zero-order chi connectivity index (χ0) is 10.4. The van der Waals surface area contributed by atoms with E-state index in [9.17, 15) is 4.79 Å². The zero-order valence-corrected chi connectivity index (χ0v) is 8.49. The van der Waals surface area contributed by atoms with E-state index in [-0.39, 0.29) is 18.1 Å². The molecule has 1 amide bonds. The lowest BCUT2D eigenvalue weighted by Crippen LogP contribution is -2.47. The van der Waals surface area contributed by atoms with Gasteiger partial charge in [-0.25, -0.2) is 0 Å². The maximum absolute atomic E-state index is 11.5. The molecule has 1 saturated heterocycles. The fourth-order valence-corrected chi connectivity index (χ4v) is 1.45. The Kier molecular flexibility index (Phi) is 4.86. The lowest BCUT2D eigenvalue weighted by atomic mass is 10.2. The van der Waals surface area contributed by atoms with E-state index in [1.165, 1.54) is 0 Å². The van der Waals surface area contributed by atoms with Crippen LogP contribution in [0.15, 0.2) is 0 Å². The van der Waals surface area contributed by atoms with E-state index in [1.807, 2.05) is 0 Å². The van der Waals surface area contributed by atoms with Crippen molar-refractivity contribution in [2.45, 2.75) is 25.0 Å². The summed E-state index contributed by atoms with van der Waals surface area (Å²) in [4.78, 5) is 11.5. The SMILES string of the molecule is COCC(CN)NC(=O)C1CCCO1. The Morgan fingerprint density at radius 2 is 2.57 bits per heavy atom. The number of nitrogens with two attached hydrogens (primary N) is 1. The third-order valence-corrected chi connectivity index (χ3v) is 2.22. The highest BCUT2D eigenvalue weighted by molar-refractivity contribution is 5.81. The molecule has 0 saturated carbocycles. The summed E-state index contributed by atoms with van der Waals surface area (Å²) in [5.74, 6) is -0.0741. The number of amides is 1. The van der Waals surface area contributed by atoms with Gasteiger partial charge in [0, 0.05) is 20.3 Å². The number of rotatable bonds is 5. The third-order valence-electron chi connectivity index (χ3n) is 2.22. The van der Waals surface area contributed by atoms with Crippen molar-refractivity contribution in [3.8, 4) is 0 Å². The first kappa shape index (κ1) is 11.4. The minimum absolute atomic E-state index is 0.0741. The topological polar surface area (TPSA) is 73.6 Å². The molecular weight excluding hydrogens is 184 g/mol. The van der Waals surface area contributed by atoms with Crippen molar-refractivity contribution in [1.29, 1.82) is 0 Å².